The number of hydroxylamine groups is 3. The minimum Gasteiger partial charge on any atom is -0.493 e. The molecule has 0 aromatic heterocycles. The van der Waals surface area contributed by atoms with Gasteiger partial charge in [-0.25, -0.2) is 15.3 Å². The molecular weight excluding hydrogens is 422 g/mol. The molecule has 1 amide bonds. The number of carbonyl (C=O) groups excluding carboxylic acids is 1. The summed E-state index contributed by atoms with van der Waals surface area (Å²) >= 11 is 0. The molecule has 0 bridgehead atoms. The fraction of sp³-hybridized carbons (Fsp3) is 0.240. The molecule has 0 radical (unpaired) electrons. The van der Waals surface area contributed by atoms with E-state index in [0.29, 0.717) is 30.3 Å². The number of hydrogen-bond donors (Lipinski definition) is 1. The van der Waals surface area contributed by atoms with Crippen molar-refractivity contribution in [3.8, 4) is 11.5 Å². The second kappa shape index (κ2) is 10.1. The van der Waals surface area contributed by atoms with Gasteiger partial charge in [0.15, 0.2) is 11.5 Å². The van der Waals surface area contributed by atoms with E-state index >= 15 is 0 Å². The lowest BCUT2D eigenvalue weighted by molar-refractivity contribution is -0.113. The van der Waals surface area contributed by atoms with Gasteiger partial charge in [-0.3, -0.25) is 0 Å². The largest absolute Gasteiger partial charge is 0.493 e. The topological polar surface area (TPSA) is 72.5 Å². The van der Waals surface area contributed by atoms with Crippen LogP contribution >= 0.6 is 0 Å². The van der Waals surface area contributed by atoms with Gasteiger partial charge in [-0.2, -0.15) is 4.94 Å². The van der Waals surface area contributed by atoms with Crippen molar-refractivity contribution in [3.05, 3.63) is 95.7 Å². The molecule has 2 aromatic carbocycles. The Morgan fingerprint density at radius 1 is 1.12 bits per heavy atom. The molecular formula is C25H27N3O5. The van der Waals surface area contributed by atoms with Crippen LogP contribution in [0.5, 0.6) is 11.5 Å². The molecule has 8 heteroatoms. The predicted octanol–water partition coefficient (Wildman–Crippen LogP) is 4.45. The van der Waals surface area contributed by atoms with E-state index in [0.717, 1.165) is 16.8 Å². The Hall–Kier alpha value is -3.91. The van der Waals surface area contributed by atoms with Crippen LogP contribution in [0.3, 0.4) is 0 Å². The SMILES string of the molecule is COc1ccc(CN(C[C@H](C)c2ccccc2)C(=O)OC2=CC3=CNON3C=C2)cc1OC. The molecule has 4 rings (SSSR count). The fourth-order valence-electron chi connectivity index (χ4n) is 3.67. The Morgan fingerprint density at radius 3 is 2.67 bits per heavy atom. The summed E-state index contributed by atoms with van der Waals surface area (Å²) in [5.41, 5.74) is 5.44. The minimum atomic E-state index is -0.440. The van der Waals surface area contributed by atoms with Gasteiger partial charge < -0.3 is 19.1 Å². The van der Waals surface area contributed by atoms with E-state index < -0.39 is 6.09 Å². The normalized spacial score (nSPS) is 15.1. The minimum absolute atomic E-state index is 0.111. The molecule has 2 aliphatic heterocycles. The number of hydrogen-bond acceptors (Lipinski definition) is 7. The van der Waals surface area contributed by atoms with Gasteiger partial charge in [-0.15, -0.1) is 0 Å². The molecule has 0 unspecified atom stereocenters. The lowest BCUT2D eigenvalue weighted by atomic mass is 10.0. The second-order valence-electron chi connectivity index (χ2n) is 7.72. The summed E-state index contributed by atoms with van der Waals surface area (Å²) in [6, 6.07) is 15.7. The van der Waals surface area contributed by atoms with E-state index in [1.807, 2.05) is 36.4 Å². The molecule has 0 saturated carbocycles. The zero-order valence-electron chi connectivity index (χ0n) is 18.9. The van der Waals surface area contributed by atoms with Crippen molar-refractivity contribution in [2.45, 2.75) is 19.4 Å². The summed E-state index contributed by atoms with van der Waals surface area (Å²) in [6.45, 7) is 2.93. The summed E-state index contributed by atoms with van der Waals surface area (Å²) in [7, 11) is 3.18. The first-order valence-corrected chi connectivity index (χ1v) is 10.6. The van der Waals surface area contributed by atoms with Crippen LogP contribution in [0.1, 0.15) is 24.0 Å². The van der Waals surface area contributed by atoms with Gasteiger partial charge in [0.2, 0.25) is 0 Å². The maximum atomic E-state index is 13.2. The van der Waals surface area contributed by atoms with Gasteiger partial charge in [0.05, 0.1) is 26.1 Å². The van der Waals surface area contributed by atoms with Crippen molar-refractivity contribution >= 4 is 6.09 Å². The van der Waals surface area contributed by atoms with Crippen molar-refractivity contribution in [3.63, 3.8) is 0 Å². The van der Waals surface area contributed by atoms with E-state index in [4.69, 9.17) is 19.1 Å². The molecule has 33 heavy (non-hydrogen) atoms. The molecule has 2 aliphatic rings. The molecule has 172 valence electrons. The number of fused-ring (bicyclic) bond motifs is 1. The maximum Gasteiger partial charge on any atom is 0.415 e. The van der Waals surface area contributed by atoms with Crippen molar-refractivity contribution in [2.24, 2.45) is 0 Å². The smallest absolute Gasteiger partial charge is 0.415 e. The van der Waals surface area contributed by atoms with Crippen LogP contribution in [0.15, 0.2) is 84.5 Å². The highest BCUT2D eigenvalue weighted by atomic mass is 16.8. The molecule has 1 atom stereocenters. The molecule has 8 nitrogen and oxygen atoms in total. The molecule has 0 aliphatic carbocycles. The van der Waals surface area contributed by atoms with Crippen LogP contribution in [0.25, 0.3) is 0 Å². The first kappa shape index (κ1) is 22.3. The van der Waals surface area contributed by atoms with Crippen molar-refractivity contribution < 1.29 is 23.9 Å². The standard InChI is InChI=1S/C25H27N3O5/c1-18(20-7-5-4-6-8-20)16-27(17-19-9-10-23(30-2)24(13-19)31-3)25(29)32-22-11-12-28-21(14-22)15-26-33-28/h4-15,18,26H,16-17H2,1-3H3/t18-/m0/s1. The highest BCUT2D eigenvalue weighted by Crippen LogP contribution is 2.29. The second-order valence-corrected chi connectivity index (χ2v) is 7.72. The van der Waals surface area contributed by atoms with Crippen molar-refractivity contribution in [2.75, 3.05) is 20.8 Å². The molecule has 2 aromatic rings. The number of nitrogens with one attached hydrogen (secondary N) is 1. The zero-order chi connectivity index (χ0) is 23.2. The predicted molar refractivity (Wildman–Crippen MR) is 123 cm³/mol. The van der Waals surface area contributed by atoms with Crippen molar-refractivity contribution in [1.82, 2.24) is 15.4 Å². The van der Waals surface area contributed by atoms with E-state index in [2.05, 4.69) is 24.5 Å². The third-order valence-electron chi connectivity index (χ3n) is 5.42. The molecule has 0 saturated heterocycles. The Balaban J connectivity index is 1.54. The summed E-state index contributed by atoms with van der Waals surface area (Å²) in [6.07, 6.45) is 6.32. The Labute approximate surface area is 193 Å². The highest BCUT2D eigenvalue weighted by Gasteiger charge is 2.23. The molecule has 1 N–H and O–H groups in total. The van der Waals surface area contributed by atoms with Crippen LogP contribution in [-0.2, 0) is 16.2 Å². The average Bonchev–Trinajstić information content (AvgIpc) is 3.32. The lowest BCUT2D eigenvalue weighted by Gasteiger charge is -2.27. The number of allylic oxidation sites excluding steroid dienone is 2. The quantitative estimate of drug-likeness (QED) is 0.638. The number of carbonyl (C=O) groups is 1. The number of benzene rings is 2. The number of methoxy groups -OCH3 is 2. The third-order valence-corrected chi connectivity index (χ3v) is 5.42. The summed E-state index contributed by atoms with van der Waals surface area (Å²) in [4.78, 5) is 20.1. The van der Waals surface area contributed by atoms with Crippen LogP contribution < -0.4 is 15.0 Å². The maximum absolute atomic E-state index is 13.2. The van der Waals surface area contributed by atoms with Gasteiger partial charge in [0, 0.05) is 25.4 Å². The van der Waals surface area contributed by atoms with Crippen LogP contribution in [-0.4, -0.2) is 36.8 Å². The van der Waals surface area contributed by atoms with E-state index in [1.54, 1.807) is 43.7 Å². The van der Waals surface area contributed by atoms with Gasteiger partial charge in [-0.05, 0) is 35.3 Å². The van der Waals surface area contributed by atoms with E-state index in [9.17, 15) is 4.79 Å². The average molecular weight is 450 g/mol. The monoisotopic (exact) mass is 449 g/mol. The van der Waals surface area contributed by atoms with Crippen LogP contribution in [0.4, 0.5) is 4.79 Å². The summed E-state index contributed by atoms with van der Waals surface area (Å²) in [5, 5.41) is 1.54. The van der Waals surface area contributed by atoms with Gasteiger partial charge in [-0.1, -0.05) is 43.3 Å². The lowest BCUT2D eigenvalue weighted by Crippen LogP contribution is -2.34. The zero-order valence-corrected chi connectivity index (χ0v) is 18.9. The highest BCUT2D eigenvalue weighted by molar-refractivity contribution is 5.70. The Morgan fingerprint density at radius 2 is 1.91 bits per heavy atom. The number of nitrogens with zero attached hydrogens (tertiary/aromatic N) is 2. The molecule has 2 heterocycles. The number of amides is 1. The molecule has 0 spiro atoms. The molecule has 0 fully saturated rings. The Bertz CT molecular complexity index is 1080. The van der Waals surface area contributed by atoms with Crippen LogP contribution in [0.2, 0.25) is 0 Å². The van der Waals surface area contributed by atoms with Gasteiger partial charge >= 0.3 is 6.09 Å². The number of rotatable bonds is 8. The summed E-state index contributed by atoms with van der Waals surface area (Å²) in [5.74, 6) is 1.79. The Kier molecular flexibility index (Phi) is 6.85. The van der Waals surface area contributed by atoms with Gasteiger partial charge in [0.1, 0.15) is 5.76 Å². The van der Waals surface area contributed by atoms with E-state index in [1.165, 1.54) is 5.06 Å². The fourth-order valence-corrected chi connectivity index (χ4v) is 3.67. The first-order chi connectivity index (χ1) is 16.1. The van der Waals surface area contributed by atoms with Crippen LogP contribution in [0, 0.1) is 0 Å². The van der Waals surface area contributed by atoms with E-state index in [-0.39, 0.29) is 5.92 Å². The third kappa shape index (κ3) is 5.30. The van der Waals surface area contributed by atoms with Gasteiger partial charge in [0.25, 0.3) is 0 Å². The summed E-state index contributed by atoms with van der Waals surface area (Å²) < 4.78 is 16.5. The first-order valence-electron chi connectivity index (χ1n) is 10.6. The van der Waals surface area contributed by atoms with Crippen molar-refractivity contribution in [1.29, 1.82) is 0 Å². The number of ether oxygens (including phenoxy) is 3.